The van der Waals surface area contributed by atoms with E-state index in [-0.39, 0.29) is 28.2 Å². The van der Waals surface area contributed by atoms with Crippen LogP contribution >= 0.6 is 23.2 Å². The number of alkyl halides is 2. The predicted octanol–water partition coefficient (Wildman–Crippen LogP) is 3.42. The highest BCUT2D eigenvalue weighted by Gasteiger charge is 2.26. The molecular weight excluding hydrogens is 401 g/mol. The number of carbonyl (C=O) groups excluding carboxylic acids is 1. The van der Waals surface area contributed by atoms with Gasteiger partial charge in [0.15, 0.2) is 5.96 Å². The van der Waals surface area contributed by atoms with Gasteiger partial charge in [-0.25, -0.2) is 4.99 Å². The molecule has 0 radical (unpaired) electrons. The van der Waals surface area contributed by atoms with Gasteiger partial charge in [0.25, 0.3) is 0 Å². The van der Waals surface area contributed by atoms with E-state index < -0.39 is 12.0 Å². The number of aliphatic imine (C=N–C) groups is 1. The van der Waals surface area contributed by atoms with Gasteiger partial charge in [-0.2, -0.15) is 8.78 Å². The van der Waals surface area contributed by atoms with Crippen LogP contribution in [-0.4, -0.2) is 38.6 Å². The fraction of sp³-hybridized carbons (Fsp3) is 0.529. The number of hydrogen-bond donors (Lipinski definition) is 3. The molecule has 27 heavy (non-hydrogen) atoms. The van der Waals surface area contributed by atoms with Gasteiger partial charge in [0, 0.05) is 30.7 Å². The van der Waals surface area contributed by atoms with Crippen molar-refractivity contribution in [3.63, 3.8) is 0 Å². The van der Waals surface area contributed by atoms with Crippen molar-refractivity contribution in [2.24, 2.45) is 10.4 Å². The second-order valence-corrected chi connectivity index (χ2v) is 7.11. The zero-order valence-corrected chi connectivity index (χ0v) is 17.1. The predicted molar refractivity (Wildman–Crippen MR) is 104 cm³/mol. The van der Waals surface area contributed by atoms with E-state index in [1.165, 1.54) is 12.1 Å². The van der Waals surface area contributed by atoms with Crippen LogP contribution in [0.25, 0.3) is 0 Å². The molecule has 1 aromatic carbocycles. The summed E-state index contributed by atoms with van der Waals surface area (Å²) < 4.78 is 29.8. The Morgan fingerprint density at radius 2 is 1.96 bits per heavy atom. The molecule has 0 fully saturated rings. The van der Waals surface area contributed by atoms with Crippen LogP contribution in [0.1, 0.15) is 26.3 Å². The molecule has 152 valence electrons. The van der Waals surface area contributed by atoms with Crippen molar-refractivity contribution >= 4 is 35.1 Å². The van der Waals surface area contributed by atoms with Crippen LogP contribution in [0, 0.1) is 5.41 Å². The Labute approximate surface area is 167 Å². The SMILES string of the molecule is CCNC(=NCc1cc(Cl)cc(Cl)c1OC(F)F)NCC(C)(C)C(=O)NC. The minimum absolute atomic E-state index is 0.00192. The van der Waals surface area contributed by atoms with Gasteiger partial charge in [0.2, 0.25) is 5.91 Å². The average molecular weight is 425 g/mol. The summed E-state index contributed by atoms with van der Waals surface area (Å²) in [7, 11) is 1.57. The number of nitrogens with one attached hydrogen (secondary N) is 3. The molecule has 0 heterocycles. The van der Waals surface area contributed by atoms with Crippen molar-refractivity contribution in [2.75, 3.05) is 20.1 Å². The number of benzene rings is 1. The number of amides is 1. The van der Waals surface area contributed by atoms with Crippen molar-refractivity contribution in [3.8, 4) is 5.75 Å². The van der Waals surface area contributed by atoms with E-state index in [0.717, 1.165) is 0 Å². The largest absolute Gasteiger partial charge is 0.433 e. The normalized spacial score (nSPS) is 12.1. The molecule has 1 rings (SSSR count). The van der Waals surface area contributed by atoms with E-state index in [9.17, 15) is 13.6 Å². The van der Waals surface area contributed by atoms with Crippen molar-refractivity contribution < 1.29 is 18.3 Å². The lowest BCUT2D eigenvalue weighted by Crippen LogP contribution is -2.47. The van der Waals surface area contributed by atoms with Crippen LogP contribution < -0.4 is 20.7 Å². The van der Waals surface area contributed by atoms with Crippen molar-refractivity contribution in [3.05, 3.63) is 27.7 Å². The van der Waals surface area contributed by atoms with Gasteiger partial charge in [-0.3, -0.25) is 4.79 Å². The Kier molecular flexibility index (Phi) is 9.05. The number of hydrogen-bond acceptors (Lipinski definition) is 3. The Morgan fingerprint density at radius 1 is 1.30 bits per heavy atom. The highest BCUT2D eigenvalue weighted by atomic mass is 35.5. The molecule has 0 aliphatic heterocycles. The minimum atomic E-state index is -3.02. The summed E-state index contributed by atoms with van der Waals surface area (Å²) in [6, 6.07) is 2.79. The molecule has 6 nitrogen and oxygen atoms in total. The quantitative estimate of drug-likeness (QED) is 0.441. The van der Waals surface area contributed by atoms with Gasteiger partial charge in [-0.05, 0) is 32.9 Å². The second kappa shape index (κ2) is 10.5. The van der Waals surface area contributed by atoms with E-state index in [0.29, 0.717) is 24.6 Å². The van der Waals surface area contributed by atoms with Gasteiger partial charge in [0.05, 0.1) is 17.0 Å². The van der Waals surface area contributed by atoms with Gasteiger partial charge in [-0.15, -0.1) is 0 Å². The number of nitrogens with zero attached hydrogens (tertiary/aromatic N) is 1. The third-order valence-corrected chi connectivity index (χ3v) is 4.08. The van der Waals surface area contributed by atoms with Crippen molar-refractivity contribution in [1.29, 1.82) is 0 Å². The molecule has 0 aromatic heterocycles. The molecule has 0 bridgehead atoms. The molecule has 0 aliphatic rings. The molecule has 0 unspecified atom stereocenters. The molecule has 1 amide bonds. The summed E-state index contributed by atoms with van der Waals surface area (Å²) in [5, 5.41) is 8.95. The Bertz CT molecular complexity index is 685. The molecule has 3 N–H and O–H groups in total. The summed E-state index contributed by atoms with van der Waals surface area (Å²) in [5.74, 6) is 0.120. The molecule has 0 atom stereocenters. The maximum Gasteiger partial charge on any atom is 0.387 e. The molecule has 1 aromatic rings. The first-order valence-corrected chi connectivity index (χ1v) is 9.03. The smallest absolute Gasteiger partial charge is 0.387 e. The first-order chi connectivity index (χ1) is 12.6. The van der Waals surface area contributed by atoms with Crippen molar-refractivity contribution in [1.82, 2.24) is 16.0 Å². The summed E-state index contributed by atoms with van der Waals surface area (Å²) in [4.78, 5) is 16.2. The van der Waals surface area contributed by atoms with Crippen LogP contribution in [-0.2, 0) is 11.3 Å². The molecule has 0 saturated heterocycles. The van der Waals surface area contributed by atoms with Gasteiger partial charge in [-0.1, -0.05) is 23.2 Å². The first kappa shape index (κ1) is 23.2. The summed E-state index contributed by atoms with van der Waals surface area (Å²) in [6.45, 7) is 3.31. The maximum absolute atomic E-state index is 12.6. The Balaban J connectivity index is 3.00. The zero-order chi connectivity index (χ0) is 20.6. The lowest BCUT2D eigenvalue weighted by atomic mass is 9.92. The zero-order valence-electron chi connectivity index (χ0n) is 15.6. The topological polar surface area (TPSA) is 74.8 Å². The highest BCUT2D eigenvalue weighted by Crippen LogP contribution is 2.34. The standard InChI is InChI=1S/C17H24Cl2F2N4O2/c1-5-23-16(25-9-17(2,3)14(26)22-4)24-8-10-6-11(18)7-12(19)13(10)27-15(20)21/h6-7,15H,5,8-9H2,1-4H3,(H,22,26)(H2,23,24,25). The Hall–Kier alpha value is -1.80. The number of ether oxygens (including phenoxy) is 1. The third kappa shape index (κ3) is 7.38. The van der Waals surface area contributed by atoms with Crippen molar-refractivity contribution in [2.45, 2.75) is 33.9 Å². The number of carbonyl (C=O) groups is 1. The van der Waals surface area contributed by atoms with Crippen LogP contribution in [0.3, 0.4) is 0 Å². The molecular formula is C17H24Cl2F2N4O2. The van der Waals surface area contributed by atoms with E-state index in [4.69, 9.17) is 23.2 Å². The Morgan fingerprint density at radius 3 is 2.52 bits per heavy atom. The van der Waals surface area contributed by atoms with E-state index in [2.05, 4.69) is 25.7 Å². The monoisotopic (exact) mass is 424 g/mol. The minimum Gasteiger partial charge on any atom is -0.433 e. The average Bonchev–Trinajstić information content (AvgIpc) is 2.58. The number of rotatable bonds is 8. The molecule has 0 saturated carbocycles. The van der Waals surface area contributed by atoms with Crippen LogP contribution in [0.5, 0.6) is 5.75 Å². The molecule has 0 aliphatic carbocycles. The van der Waals surface area contributed by atoms with Gasteiger partial charge >= 0.3 is 6.61 Å². The fourth-order valence-corrected chi connectivity index (χ4v) is 2.76. The number of halogens is 4. The molecule has 10 heteroatoms. The van der Waals surface area contributed by atoms with E-state index in [1.54, 1.807) is 20.9 Å². The van der Waals surface area contributed by atoms with Gasteiger partial charge in [0.1, 0.15) is 5.75 Å². The summed E-state index contributed by atoms with van der Waals surface area (Å²) in [5.41, 5.74) is -0.357. The van der Waals surface area contributed by atoms with E-state index >= 15 is 0 Å². The lowest BCUT2D eigenvalue weighted by Gasteiger charge is -2.24. The summed E-state index contributed by atoms with van der Waals surface area (Å²) in [6.07, 6.45) is 0. The first-order valence-electron chi connectivity index (χ1n) is 8.27. The lowest BCUT2D eigenvalue weighted by molar-refractivity contribution is -0.128. The molecule has 0 spiro atoms. The van der Waals surface area contributed by atoms with Crippen LogP contribution in [0.4, 0.5) is 8.78 Å². The maximum atomic E-state index is 12.6. The fourth-order valence-electron chi connectivity index (χ4n) is 2.18. The van der Waals surface area contributed by atoms with Crippen LogP contribution in [0.2, 0.25) is 10.0 Å². The third-order valence-electron chi connectivity index (χ3n) is 3.58. The highest BCUT2D eigenvalue weighted by molar-refractivity contribution is 6.35. The number of guanidine groups is 1. The second-order valence-electron chi connectivity index (χ2n) is 6.27. The van der Waals surface area contributed by atoms with Crippen LogP contribution in [0.15, 0.2) is 17.1 Å². The van der Waals surface area contributed by atoms with Gasteiger partial charge < -0.3 is 20.7 Å². The van der Waals surface area contributed by atoms with E-state index in [1.807, 2.05) is 6.92 Å². The summed E-state index contributed by atoms with van der Waals surface area (Å²) >= 11 is 11.9.